The molecule has 1 heterocycles. The van der Waals surface area contributed by atoms with E-state index >= 15 is 0 Å². The zero-order valence-electron chi connectivity index (χ0n) is 10.3. The summed E-state index contributed by atoms with van der Waals surface area (Å²) in [5.41, 5.74) is -0.124. The number of halogens is 1. The molecule has 0 fully saturated rings. The van der Waals surface area contributed by atoms with Crippen molar-refractivity contribution in [2.24, 2.45) is 0 Å². The summed E-state index contributed by atoms with van der Waals surface area (Å²) in [5.74, 6) is -0.590. The van der Waals surface area contributed by atoms with Crippen LogP contribution in [0.1, 0.15) is 29.8 Å². The lowest BCUT2D eigenvalue weighted by atomic mass is 10.2. The lowest BCUT2D eigenvalue weighted by molar-refractivity contribution is 0.0691. The number of nitrogens with one attached hydrogen (secondary N) is 1. The Bertz CT molecular complexity index is 399. The first-order valence-corrected chi connectivity index (χ1v) is 6.15. The second-order valence-electron chi connectivity index (χ2n) is 3.81. The van der Waals surface area contributed by atoms with Crippen molar-refractivity contribution in [1.29, 1.82) is 0 Å². The number of hydrogen-bond acceptors (Lipinski definition) is 4. The number of hydrogen-bond donors (Lipinski definition) is 2. The number of aromatic carboxylic acids is 1. The number of aromatic nitrogens is 1. The van der Waals surface area contributed by atoms with Crippen LogP contribution in [0.4, 0.5) is 5.82 Å². The van der Waals surface area contributed by atoms with Crippen molar-refractivity contribution in [3.8, 4) is 0 Å². The lowest BCUT2D eigenvalue weighted by Gasteiger charge is -2.07. The third kappa shape index (κ3) is 4.89. The fraction of sp³-hybridized carbons (Fsp3) is 0.500. The predicted molar refractivity (Wildman–Crippen MR) is 70.4 cm³/mol. The Hall–Kier alpha value is -1.33. The maximum absolute atomic E-state index is 10.8. The number of carboxylic acids is 1. The zero-order valence-corrected chi connectivity index (χ0v) is 11.0. The van der Waals surface area contributed by atoms with Crippen molar-refractivity contribution in [3.05, 3.63) is 22.8 Å². The van der Waals surface area contributed by atoms with E-state index in [9.17, 15) is 4.79 Å². The van der Waals surface area contributed by atoms with Gasteiger partial charge in [-0.2, -0.15) is 0 Å². The van der Waals surface area contributed by atoms with E-state index in [-0.39, 0.29) is 10.7 Å². The van der Waals surface area contributed by atoms with Gasteiger partial charge >= 0.3 is 5.97 Å². The Morgan fingerprint density at radius 3 is 2.89 bits per heavy atom. The Balaban J connectivity index is 2.38. The number of methoxy groups -OCH3 is 1. The second-order valence-corrected chi connectivity index (χ2v) is 4.22. The van der Waals surface area contributed by atoms with Crippen molar-refractivity contribution in [1.82, 2.24) is 4.98 Å². The van der Waals surface area contributed by atoms with Gasteiger partial charge in [-0.05, 0) is 31.4 Å². The number of carboxylic acid groups (broad SMARTS) is 1. The van der Waals surface area contributed by atoms with E-state index in [4.69, 9.17) is 21.4 Å². The third-order valence-corrected chi connectivity index (χ3v) is 2.68. The van der Waals surface area contributed by atoms with Crippen molar-refractivity contribution in [3.63, 3.8) is 0 Å². The molecule has 0 saturated heterocycles. The minimum absolute atomic E-state index is 0.124. The molecule has 18 heavy (non-hydrogen) atoms. The molecular weight excluding hydrogens is 256 g/mol. The van der Waals surface area contributed by atoms with E-state index in [0.29, 0.717) is 5.82 Å². The van der Waals surface area contributed by atoms with Crippen LogP contribution < -0.4 is 5.32 Å². The van der Waals surface area contributed by atoms with E-state index in [0.717, 1.165) is 32.4 Å². The standard InChI is InChI=1S/C12H17ClN2O3/c1-18-8-4-2-3-7-14-10-6-5-9(13)11(15-10)12(16)17/h5-6H,2-4,7-8H2,1H3,(H,14,15)(H,16,17). The molecule has 0 bridgehead atoms. The van der Waals surface area contributed by atoms with Gasteiger partial charge in [0, 0.05) is 20.3 Å². The molecule has 0 aliphatic rings. The van der Waals surface area contributed by atoms with Gasteiger partial charge in [-0.1, -0.05) is 11.6 Å². The summed E-state index contributed by atoms with van der Waals surface area (Å²) in [7, 11) is 1.68. The van der Waals surface area contributed by atoms with Gasteiger partial charge in [0.15, 0.2) is 5.69 Å². The van der Waals surface area contributed by atoms with Crippen LogP contribution in [-0.4, -0.2) is 36.3 Å². The topological polar surface area (TPSA) is 71.5 Å². The first kappa shape index (κ1) is 14.7. The Morgan fingerprint density at radius 2 is 2.22 bits per heavy atom. The first-order chi connectivity index (χ1) is 8.65. The second kappa shape index (κ2) is 7.89. The summed E-state index contributed by atoms with van der Waals surface area (Å²) in [4.78, 5) is 14.8. The quantitative estimate of drug-likeness (QED) is 0.712. The first-order valence-electron chi connectivity index (χ1n) is 5.78. The van der Waals surface area contributed by atoms with E-state index in [1.807, 2.05) is 0 Å². The van der Waals surface area contributed by atoms with Crippen molar-refractivity contribution in [2.45, 2.75) is 19.3 Å². The highest BCUT2D eigenvalue weighted by atomic mass is 35.5. The van der Waals surface area contributed by atoms with Crippen LogP contribution in [0.3, 0.4) is 0 Å². The fourth-order valence-corrected chi connectivity index (χ4v) is 1.64. The molecule has 0 aliphatic carbocycles. The van der Waals surface area contributed by atoms with Gasteiger partial charge in [0.1, 0.15) is 5.82 Å². The highest BCUT2D eigenvalue weighted by molar-refractivity contribution is 6.33. The molecule has 5 nitrogen and oxygen atoms in total. The molecule has 6 heteroatoms. The van der Waals surface area contributed by atoms with E-state index < -0.39 is 5.97 Å². The molecule has 0 saturated carbocycles. The highest BCUT2D eigenvalue weighted by Crippen LogP contribution is 2.16. The number of pyridine rings is 1. The van der Waals surface area contributed by atoms with Crippen molar-refractivity contribution < 1.29 is 14.6 Å². The van der Waals surface area contributed by atoms with E-state index in [1.165, 1.54) is 6.07 Å². The van der Waals surface area contributed by atoms with Crippen LogP contribution >= 0.6 is 11.6 Å². The molecule has 0 radical (unpaired) electrons. The summed E-state index contributed by atoms with van der Waals surface area (Å²) in [6.07, 6.45) is 3.06. The summed E-state index contributed by atoms with van der Waals surface area (Å²) in [6.45, 7) is 1.51. The Morgan fingerprint density at radius 1 is 1.44 bits per heavy atom. The molecule has 0 amide bonds. The molecule has 0 atom stereocenters. The van der Waals surface area contributed by atoms with Crippen LogP contribution in [0.25, 0.3) is 0 Å². The summed E-state index contributed by atoms with van der Waals surface area (Å²) < 4.78 is 4.95. The summed E-state index contributed by atoms with van der Waals surface area (Å²) in [5, 5.41) is 12.1. The van der Waals surface area contributed by atoms with Crippen LogP contribution in [0.5, 0.6) is 0 Å². The fourth-order valence-electron chi connectivity index (χ4n) is 1.46. The average molecular weight is 273 g/mol. The van der Waals surface area contributed by atoms with Gasteiger partial charge in [0.25, 0.3) is 0 Å². The Kier molecular flexibility index (Phi) is 6.46. The van der Waals surface area contributed by atoms with Gasteiger partial charge < -0.3 is 15.2 Å². The maximum atomic E-state index is 10.8. The molecular formula is C12H17ClN2O3. The SMILES string of the molecule is COCCCCCNc1ccc(Cl)c(C(=O)O)n1. The van der Waals surface area contributed by atoms with Crippen LogP contribution in [-0.2, 0) is 4.74 Å². The number of nitrogens with zero attached hydrogens (tertiary/aromatic N) is 1. The monoisotopic (exact) mass is 272 g/mol. The molecule has 1 aromatic heterocycles. The van der Waals surface area contributed by atoms with Gasteiger partial charge in [-0.25, -0.2) is 9.78 Å². The number of rotatable bonds is 8. The molecule has 2 N–H and O–H groups in total. The summed E-state index contributed by atoms with van der Waals surface area (Å²) in [6, 6.07) is 3.20. The summed E-state index contributed by atoms with van der Waals surface area (Å²) >= 11 is 5.72. The molecule has 0 spiro atoms. The smallest absolute Gasteiger partial charge is 0.356 e. The van der Waals surface area contributed by atoms with Gasteiger partial charge in [0.05, 0.1) is 5.02 Å². The van der Waals surface area contributed by atoms with Gasteiger partial charge in [0.2, 0.25) is 0 Å². The molecule has 1 aromatic rings. The number of unbranched alkanes of at least 4 members (excludes halogenated alkanes) is 2. The van der Waals surface area contributed by atoms with E-state index in [1.54, 1.807) is 13.2 Å². The van der Waals surface area contributed by atoms with Crippen LogP contribution in [0, 0.1) is 0 Å². The number of carbonyl (C=O) groups is 1. The third-order valence-electron chi connectivity index (χ3n) is 2.38. The van der Waals surface area contributed by atoms with E-state index in [2.05, 4.69) is 10.3 Å². The van der Waals surface area contributed by atoms with Crippen LogP contribution in [0.15, 0.2) is 12.1 Å². The molecule has 0 unspecified atom stereocenters. The van der Waals surface area contributed by atoms with Gasteiger partial charge in [-0.15, -0.1) is 0 Å². The molecule has 0 aromatic carbocycles. The minimum Gasteiger partial charge on any atom is -0.476 e. The maximum Gasteiger partial charge on any atom is 0.356 e. The normalized spacial score (nSPS) is 10.3. The lowest BCUT2D eigenvalue weighted by Crippen LogP contribution is -2.08. The molecule has 1 rings (SSSR count). The number of ether oxygens (including phenoxy) is 1. The Labute approximate surface area is 111 Å². The number of anilines is 1. The molecule has 100 valence electrons. The molecule has 0 aliphatic heterocycles. The van der Waals surface area contributed by atoms with Crippen molar-refractivity contribution in [2.75, 3.05) is 25.6 Å². The average Bonchev–Trinajstić information content (AvgIpc) is 2.35. The predicted octanol–water partition coefficient (Wildman–Crippen LogP) is 2.66. The highest BCUT2D eigenvalue weighted by Gasteiger charge is 2.10. The minimum atomic E-state index is -1.12. The largest absolute Gasteiger partial charge is 0.476 e. The van der Waals surface area contributed by atoms with Crippen LogP contribution in [0.2, 0.25) is 5.02 Å². The zero-order chi connectivity index (χ0) is 13.4. The van der Waals surface area contributed by atoms with Crippen molar-refractivity contribution >= 4 is 23.4 Å². The van der Waals surface area contributed by atoms with Gasteiger partial charge in [-0.3, -0.25) is 0 Å².